The van der Waals surface area contributed by atoms with E-state index in [1.54, 1.807) is 25.1 Å². The van der Waals surface area contributed by atoms with Crippen LogP contribution in [0.25, 0.3) is 0 Å². The normalized spacial score (nSPS) is 11.5. The molecule has 0 fully saturated rings. The first-order valence-corrected chi connectivity index (χ1v) is 6.48. The number of rotatable bonds is 7. The Kier molecular flexibility index (Phi) is 6.35. The Morgan fingerprint density at radius 3 is 2.62 bits per heavy atom. The number of ether oxygens (including phenoxy) is 1. The van der Waals surface area contributed by atoms with E-state index in [0.29, 0.717) is 12.0 Å². The Bertz CT molecular complexity index is 530. The molecule has 7 nitrogen and oxygen atoms in total. The van der Waals surface area contributed by atoms with Gasteiger partial charge in [0.1, 0.15) is 0 Å². The van der Waals surface area contributed by atoms with Crippen LogP contribution in [-0.2, 0) is 20.7 Å². The van der Waals surface area contributed by atoms with Crippen molar-refractivity contribution in [3.8, 4) is 0 Å². The zero-order valence-electron chi connectivity index (χ0n) is 11.7. The molecule has 1 rings (SSSR count). The van der Waals surface area contributed by atoms with Crippen molar-refractivity contribution in [2.24, 2.45) is 5.73 Å². The van der Waals surface area contributed by atoms with Gasteiger partial charge in [-0.2, -0.15) is 0 Å². The van der Waals surface area contributed by atoms with Crippen LogP contribution < -0.4 is 11.1 Å². The Hall–Kier alpha value is -2.41. The predicted molar refractivity (Wildman–Crippen MR) is 74.7 cm³/mol. The van der Waals surface area contributed by atoms with Gasteiger partial charge in [0.2, 0.25) is 5.91 Å². The number of carboxylic acid groups (broad SMARTS) is 1. The summed E-state index contributed by atoms with van der Waals surface area (Å²) in [6.07, 6.45) is 0.323. The van der Waals surface area contributed by atoms with E-state index in [0.717, 1.165) is 0 Å². The highest BCUT2D eigenvalue weighted by atomic mass is 16.5. The van der Waals surface area contributed by atoms with Gasteiger partial charge in [0.25, 0.3) is 0 Å². The van der Waals surface area contributed by atoms with Gasteiger partial charge in [-0.3, -0.25) is 4.79 Å². The fourth-order valence-corrected chi connectivity index (χ4v) is 1.72. The number of esters is 1. The minimum Gasteiger partial charge on any atom is -0.478 e. The molecule has 0 radical (unpaired) electrons. The molecule has 0 saturated carbocycles. The van der Waals surface area contributed by atoms with E-state index in [-0.39, 0.29) is 18.7 Å². The third-order valence-electron chi connectivity index (χ3n) is 2.76. The molecule has 1 aromatic carbocycles. The molecule has 1 unspecified atom stereocenters. The number of carbonyl (C=O) groups is 3. The van der Waals surface area contributed by atoms with E-state index >= 15 is 0 Å². The lowest BCUT2D eigenvalue weighted by atomic mass is 10.0. The van der Waals surface area contributed by atoms with Crippen molar-refractivity contribution < 1.29 is 24.2 Å². The molecule has 0 aliphatic heterocycles. The summed E-state index contributed by atoms with van der Waals surface area (Å²) < 4.78 is 4.64. The van der Waals surface area contributed by atoms with E-state index in [9.17, 15) is 14.4 Å². The summed E-state index contributed by atoms with van der Waals surface area (Å²) in [5.41, 5.74) is 6.20. The van der Waals surface area contributed by atoms with Crippen molar-refractivity contribution in [3.05, 3.63) is 35.4 Å². The smallest absolute Gasteiger partial charge is 0.335 e. The van der Waals surface area contributed by atoms with Crippen molar-refractivity contribution in [3.63, 3.8) is 0 Å². The highest BCUT2D eigenvalue weighted by Gasteiger charge is 2.22. The van der Waals surface area contributed by atoms with Gasteiger partial charge >= 0.3 is 11.9 Å². The van der Waals surface area contributed by atoms with Crippen LogP contribution in [0.4, 0.5) is 0 Å². The predicted octanol–water partition coefficient (Wildman–Crippen LogP) is -0.0661. The topological polar surface area (TPSA) is 119 Å². The number of nitrogens with two attached hydrogens (primary N) is 1. The molecule has 0 aliphatic carbocycles. The molecule has 21 heavy (non-hydrogen) atoms. The number of hydrogen-bond acceptors (Lipinski definition) is 5. The number of carboxylic acids is 1. The molecule has 0 spiro atoms. The maximum Gasteiger partial charge on any atom is 0.335 e. The summed E-state index contributed by atoms with van der Waals surface area (Å²) in [7, 11) is 0. The molecular formula is C14H18N2O5. The van der Waals surface area contributed by atoms with Crippen LogP contribution >= 0.6 is 0 Å². The summed E-state index contributed by atoms with van der Waals surface area (Å²) in [5, 5.41) is 11.5. The number of aromatic carboxylic acids is 1. The summed E-state index contributed by atoms with van der Waals surface area (Å²) >= 11 is 0. The van der Waals surface area contributed by atoms with Gasteiger partial charge in [-0.25, -0.2) is 9.59 Å². The zero-order valence-corrected chi connectivity index (χ0v) is 11.7. The van der Waals surface area contributed by atoms with Gasteiger partial charge in [-0.1, -0.05) is 18.2 Å². The van der Waals surface area contributed by atoms with Gasteiger partial charge in [0.15, 0.2) is 6.04 Å². The van der Waals surface area contributed by atoms with Crippen molar-refractivity contribution in [2.75, 3.05) is 13.2 Å². The molecule has 1 amide bonds. The molecule has 4 N–H and O–H groups in total. The summed E-state index contributed by atoms with van der Waals surface area (Å²) in [6.45, 7) is 1.94. The number of carbonyl (C=O) groups excluding carboxylic acids is 2. The average Bonchev–Trinajstić information content (AvgIpc) is 2.46. The first-order valence-electron chi connectivity index (χ1n) is 6.48. The highest BCUT2D eigenvalue weighted by molar-refractivity contribution is 6.01. The lowest BCUT2D eigenvalue weighted by Gasteiger charge is -2.11. The average molecular weight is 294 g/mol. The van der Waals surface area contributed by atoms with Crippen molar-refractivity contribution >= 4 is 17.8 Å². The fourth-order valence-electron chi connectivity index (χ4n) is 1.72. The zero-order chi connectivity index (χ0) is 15.8. The van der Waals surface area contributed by atoms with Crippen LogP contribution in [0.5, 0.6) is 0 Å². The lowest BCUT2D eigenvalue weighted by Crippen LogP contribution is -2.47. The second kappa shape index (κ2) is 8.01. The number of benzene rings is 1. The Balaban J connectivity index is 2.52. The second-order valence-corrected chi connectivity index (χ2v) is 4.23. The molecule has 0 aromatic heterocycles. The third-order valence-corrected chi connectivity index (χ3v) is 2.76. The van der Waals surface area contributed by atoms with Crippen molar-refractivity contribution in [2.45, 2.75) is 19.4 Å². The van der Waals surface area contributed by atoms with E-state index in [1.807, 2.05) is 0 Å². The van der Waals surface area contributed by atoms with E-state index in [1.165, 1.54) is 6.07 Å². The van der Waals surface area contributed by atoms with Gasteiger partial charge in [0, 0.05) is 6.54 Å². The van der Waals surface area contributed by atoms with Gasteiger partial charge in [-0.05, 0) is 25.0 Å². The van der Waals surface area contributed by atoms with Crippen LogP contribution in [0.1, 0.15) is 22.8 Å². The third kappa shape index (κ3) is 4.88. The maximum atomic E-state index is 11.6. The molecule has 0 saturated heterocycles. The second-order valence-electron chi connectivity index (χ2n) is 4.23. The van der Waals surface area contributed by atoms with Crippen LogP contribution in [0.3, 0.4) is 0 Å². The summed E-state index contributed by atoms with van der Waals surface area (Å²) in [4.78, 5) is 33.9. The Labute approximate surface area is 122 Å². The largest absolute Gasteiger partial charge is 0.478 e. The highest BCUT2D eigenvalue weighted by Crippen LogP contribution is 2.08. The molecule has 0 bridgehead atoms. The van der Waals surface area contributed by atoms with Crippen molar-refractivity contribution in [1.29, 1.82) is 0 Å². The van der Waals surface area contributed by atoms with Crippen LogP contribution in [0.2, 0.25) is 0 Å². The van der Waals surface area contributed by atoms with E-state index in [4.69, 9.17) is 10.8 Å². The van der Waals surface area contributed by atoms with Crippen molar-refractivity contribution in [1.82, 2.24) is 5.32 Å². The standard InChI is InChI=1S/C14H18N2O5/c1-2-21-14(20)11(15)12(17)16-8-7-9-5-3-4-6-10(9)13(18)19/h3-6,11H,2,7-8,15H2,1H3,(H,16,17)(H,18,19). The number of hydrogen-bond donors (Lipinski definition) is 3. The summed E-state index contributed by atoms with van der Waals surface area (Å²) in [6, 6.07) is 5.13. The molecule has 114 valence electrons. The van der Waals surface area contributed by atoms with Gasteiger partial charge in [-0.15, -0.1) is 0 Å². The van der Waals surface area contributed by atoms with Gasteiger partial charge < -0.3 is 20.9 Å². The first kappa shape index (κ1) is 16.6. The molecule has 0 heterocycles. The molecule has 7 heteroatoms. The number of amides is 1. The van der Waals surface area contributed by atoms with E-state index < -0.39 is 23.9 Å². The van der Waals surface area contributed by atoms with Gasteiger partial charge in [0.05, 0.1) is 12.2 Å². The molecular weight excluding hydrogens is 276 g/mol. The SMILES string of the molecule is CCOC(=O)C(N)C(=O)NCCc1ccccc1C(=O)O. The van der Waals surface area contributed by atoms with Crippen LogP contribution in [0.15, 0.2) is 24.3 Å². The monoisotopic (exact) mass is 294 g/mol. The summed E-state index contributed by atoms with van der Waals surface area (Å²) in [5.74, 6) is -2.47. The van der Waals surface area contributed by atoms with Crippen LogP contribution in [0, 0.1) is 0 Å². The number of nitrogens with one attached hydrogen (secondary N) is 1. The Morgan fingerprint density at radius 2 is 2.00 bits per heavy atom. The minimum absolute atomic E-state index is 0.145. The quantitative estimate of drug-likeness (QED) is 0.478. The minimum atomic E-state index is -1.38. The Morgan fingerprint density at radius 1 is 1.33 bits per heavy atom. The maximum absolute atomic E-state index is 11.6. The molecule has 0 aliphatic rings. The molecule has 1 atom stereocenters. The fraction of sp³-hybridized carbons (Fsp3) is 0.357. The molecule has 1 aromatic rings. The van der Waals surface area contributed by atoms with Crippen LogP contribution in [-0.4, -0.2) is 42.1 Å². The van der Waals surface area contributed by atoms with E-state index in [2.05, 4.69) is 10.1 Å². The lowest BCUT2D eigenvalue weighted by molar-refractivity contribution is -0.147. The first-order chi connectivity index (χ1) is 9.97.